The monoisotopic (exact) mass is 273 g/mol. The van der Waals surface area contributed by atoms with Crippen LogP contribution in [0.2, 0.25) is 0 Å². The molecule has 0 spiro atoms. The molecule has 1 atom stereocenters. The van der Waals surface area contributed by atoms with Gasteiger partial charge in [-0.25, -0.2) is 0 Å². The quantitative estimate of drug-likeness (QED) is 0.748. The molecule has 0 saturated heterocycles. The van der Waals surface area contributed by atoms with E-state index in [0.29, 0.717) is 5.92 Å². The zero-order valence-corrected chi connectivity index (χ0v) is 12.5. The van der Waals surface area contributed by atoms with Crippen LogP contribution in [0.4, 0.5) is 0 Å². The molecule has 0 aliphatic carbocycles. The molecule has 0 bridgehead atoms. The molecule has 0 amide bonds. The topological polar surface area (TPSA) is 12.0 Å². The summed E-state index contributed by atoms with van der Waals surface area (Å²) in [6.07, 6.45) is 3.73. The van der Waals surface area contributed by atoms with Crippen LogP contribution in [-0.2, 0) is 6.42 Å². The van der Waals surface area contributed by atoms with Gasteiger partial charge in [0.25, 0.3) is 0 Å². The third-order valence-corrected chi connectivity index (χ3v) is 4.24. The van der Waals surface area contributed by atoms with E-state index in [1.165, 1.54) is 30.4 Å². The average molecular weight is 273 g/mol. The molecular weight excluding hydrogens is 250 g/mol. The molecule has 0 fully saturated rings. The predicted molar refractivity (Wildman–Crippen MR) is 85.0 cm³/mol. The average Bonchev–Trinajstić information content (AvgIpc) is 2.97. The van der Waals surface area contributed by atoms with E-state index in [2.05, 4.69) is 59.4 Å². The number of nitrogens with one attached hydrogen (secondary N) is 1. The van der Waals surface area contributed by atoms with Gasteiger partial charge in [0.2, 0.25) is 0 Å². The normalized spacial score (nSPS) is 12.5. The Morgan fingerprint density at radius 2 is 2.00 bits per heavy atom. The van der Waals surface area contributed by atoms with Gasteiger partial charge in [0.15, 0.2) is 0 Å². The fourth-order valence-electron chi connectivity index (χ4n) is 2.42. The van der Waals surface area contributed by atoms with Gasteiger partial charge in [0, 0.05) is 6.54 Å². The third-order valence-electron chi connectivity index (χ3n) is 3.51. The zero-order chi connectivity index (χ0) is 13.3. The first kappa shape index (κ1) is 14.3. The van der Waals surface area contributed by atoms with E-state index in [9.17, 15) is 0 Å². The minimum absolute atomic E-state index is 0.639. The van der Waals surface area contributed by atoms with Crippen LogP contribution in [0.3, 0.4) is 0 Å². The van der Waals surface area contributed by atoms with Crippen molar-refractivity contribution in [3.63, 3.8) is 0 Å². The molecule has 2 rings (SSSR count). The summed E-state index contributed by atoms with van der Waals surface area (Å²) in [6.45, 7) is 4.31. The van der Waals surface area contributed by atoms with E-state index in [1.807, 2.05) is 0 Å². The largest absolute Gasteiger partial charge is 0.316 e. The van der Waals surface area contributed by atoms with Gasteiger partial charge in [-0.3, -0.25) is 0 Å². The van der Waals surface area contributed by atoms with Crippen molar-refractivity contribution in [2.24, 2.45) is 0 Å². The van der Waals surface area contributed by atoms with E-state index in [4.69, 9.17) is 0 Å². The van der Waals surface area contributed by atoms with E-state index < -0.39 is 0 Å². The van der Waals surface area contributed by atoms with Crippen LogP contribution in [0.5, 0.6) is 0 Å². The summed E-state index contributed by atoms with van der Waals surface area (Å²) in [7, 11) is 0. The fraction of sp³-hybridized carbons (Fsp3) is 0.412. The van der Waals surface area contributed by atoms with E-state index in [-0.39, 0.29) is 0 Å². The summed E-state index contributed by atoms with van der Waals surface area (Å²) in [4.78, 5) is 0. The van der Waals surface area contributed by atoms with Crippen molar-refractivity contribution < 1.29 is 0 Å². The van der Waals surface area contributed by atoms with E-state index in [0.717, 1.165) is 13.1 Å². The molecule has 2 aromatic rings. The number of hydrogen-bond acceptors (Lipinski definition) is 2. The smallest absolute Gasteiger partial charge is 0.00200 e. The lowest BCUT2D eigenvalue weighted by molar-refractivity contribution is 0.542. The molecule has 1 aromatic carbocycles. The summed E-state index contributed by atoms with van der Waals surface area (Å²) in [5.41, 5.74) is 2.95. The molecule has 1 unspecified atom stereocenters. The van der Waals surface area contributed by atoms with Crippen LogP contribution in [0.15, 0.2) is 47.2 Å². The molecule has 1 nitrogen and oxygen atoms in total. The molecule has 1 heterocycles. The Balaban J connectivity index is 1.87. The van der Waals surface area contributed by atoms with Crippen molar-refractivity contribution in [3.05, 3.63) is 58.3 Å². The predicted octanol–water partition coefficient (Wildman–Crippen LogP) is 4.46. The first-order valence-electron chi connectivity index (χ1n) is 7.17. The SMILES string of the molecule is CCNCC(CCCc1ccsc1)c1ccccc1. The van der Waals surface area contributed by atoms with Crippen LogP contribution in [0.1, 0.15) is 36.8 Å². The van der Waals surface area contributed by atoms with Gasteiger partial charge in [-0.1, -0.05) is 37.3 Å². The number of aryl methyl sites for hydroxylation is 1. The maximum absolute atomic E-state index is 3.49. The standard InChI is InChI=1S/C17H23NS/c1-2-18-13-17(16-8-4-3-5-9-16)10-6-7-15-11-12-19-14-15/h3-5,8-9,11-12,14,17-18H,2,6-7,10,13H2,1H3. The van der Waals surface area contributed by atoms with Crippen LogP contribution in [-0.4, -0.2) is 13.1 Å². The minimum atomic E-state index is 0.639. The summed E-state index contributed by atoms with van der Waals surface area (Å²) < 4.78 is 0. The highest BCUT2D eigenvalue weighted by Crippen LogP contribution is 2.22. The minimum Gasteiger partial charge on any atom is -0.316 e. The van der Waals surface area contributed by atoms with Gasteiger partial charge in [-0.2, -0.15) is 11.3 Å². The number of rotatable bonds is 8. The molecule has 1 N–H and O–H groups in total. The fourth-order valence-corrected chi connectivity index (χ4v) is 3.12. The van der Waals surface area contributed by atoms with Gasteiger partial charge in [0.1, 0.15) is 0 Å². The maximum Gasteiger partial charge on any atom is 0.00200 e. The van der Waals surface area contributed by atoms with Crippen LogP contribution >= 0.6 is 11.3 Å². The second-order valence-corrected chi connectivity index (χ2v) is 5.72. The molecule has 0 aliphatic heterocycles. The second kappa shape index (κ2) is 8.13. The molecular formula is C17H23NS. The Morgan fingerprint density at radius 1 is 1.16 bits per heavy atom. The Bertz CT molecular complexity index is 436. The van der Waals surface area contributed by atoms with E-state index >= 15 is 0 Å². The van der Waals surface area contributed by atoms with Gasteiger partial charge >= 0.3 is 0 Å². The Morgan fingerprint density at radius 3 is 2.68 bits per heavy atom. The summed E-state index contributed by atoms with van der Waals surface area (Å²) >= 11 is 1.80. The summed E-state index contributed by atoms with van der Waals surface area (Å²) in [5.74, 6) is 0.639. The first-order chi connectivity index (χ1) is 9.40. The lowest BCUT2D eigenvalue weighted by Crippen LogP contribution is -2.21. The number of benzene rings is 1. The van der Waals surface area contributed by atoms with Crippen LogP contribution in [0, 0.1) is 0 Å². The van der Waals surface area contributed by atoms with Crippen LogP contribution in [0.25, 0.3) is 0 Å². The number of thiophene rings is 1. The van der Waals surface area contributed by atoms with Crippen molar-refractivity contribution in [2.45, 2.75) is 32.1 Å². The third kappa shape index (κ3) is 4.81. The lowest BCUT2D eigenvalue weighted by Gasteiger charge is -2.17. The summed E-state index contributed by atoms with van der Waals surface area (Å²) in [6, 6.07) is 13.1. The number of hydrogen-bond donors (Lipinski definition) is 1. The first-order valence-corrected chi connectivity index (χ1v) is 8.11. The Hall–Kier alpha value is -1.12. The van der Waals surface area contributed by atoms with Crippen LogP contribution < -0.4 is 5.32 Å². The highest BCUT2D eigenvalue weighted by Gasteiger charge is 2.10. The molecule has 0 radical (unpaired) electrons. The van der Waals surface area contributed by atoms with Gasteiger partial charge in [-0.05, 0) is 59.7 Å². The van der Waals surface area contributed by atoms with Crippen molar-refractivity contribution >= 4 is 11.3 Å². The van der Waals surface area contributed by atoms with Crippen molar-refractivity contribution in [3.8, 4) is 0 Å². The zero-order valence-electron chi connectivity index (χ0n) is 11.6. The molecule has 2 heteroatoms. The summed E-state index contributed by atoms with van der Waals surface area (Å²) in [5, 5.41) is 7.93. The maximum atomic E-state index is 3.49. The molecule has 0 aliphatic rings. The second-order valence-electron chi connectivity index (χ2n) is 4.94. The van der Waals surface area contributed by atoms with Crippen molar-refractivity contribution in [1.82, 2.24) is 5.32 Å². The molecule has 19 heavy (non-hydrogen) atoms. The molecule has 102 valence electrons. The highest BCUT2D eigenvalue weighted by molar-refractivity contribution is 7.07. The molecule has 0 saturated carbocycles. The highest BCUT2D eigenvalue weighted by atomic mass is 32.1. The number of likely N-dealkylation sites (N-methyl/N-ethyl adjacent to an activating group) is 1. The molecule has 1 aromatic heterocycles. The van der Waals surface area contributed by atoms with Gasteiger partial charge in [-0.15, -0.1) is 0 Å². The Kier molecular flexibility index (Phi) is 6.12. The lowest BCUT2D eigenvalue weighted by atomic mass is 9.93. The van der Waals surface area contributed by atoms with Gasteiger partial charge in [0.05, 0.1) is 0 Å². The Labute approximate surface area is 120 Å². The van der Waals surface area contributed by atoms with Crippen molar-refractivity contribution in [1.29, 1.82) is 0 Å². The van der Waals surface area contributed by atoms with Gasteiger partial charge < -0.3 is 5.32 Å². The van der Waals surface area contributed by atoms with E-state index in [1.54, 1.807) is 11.3 Å². The van der Waals surface area contributed by atoms with Crippen molar-refractivity contribution in [2.75, 3.05) is 13.1 Å².